The molecule has 0 aliphatic carbocycles. The smallest absolute Gasteiger partial charge is 0.300 e. The number of nitrogens with zero attached hydrogens (tertiary/aromatic N) is 1. The fourth-order valence-electron chi connectivity index (χ4n) is 3.92. The number of hydrogen-bond acceptors (Lipinski definition) is 6. The summed E-state index contributed by atoms with van der Waals surface area (Å²) in [7, 11) is 0. The molecule has 1 aliphatic rings. The quantitative estimate of drug-likeness (QED) is 0.267. The summed E-state index contributed by atoms with van der Waals surface area (Å²) < 4.78 is 5.48. The number of ketones is 1. The lowest BCUT2D eigenvalue weighted by Crippen LogP contribution is -2.29. The maximum absolute atomic E-state index is 13.2. The van der Waals surface area contributed by atoms with Crippen molar-refractivity contribution in [1.29, 1.82) is 0 Å². The first-order valence-corrected chi connectivity index (χ1v) is 10.9. The molecule has 3 N–H and O–H groups in total. The van der Waals surface area contributed by atoms with E-state index in [9.17, 15) is 24.9 Å². The second-order valence-electron chi connectivity index (χ2n) is 7.83. The minimum absolute atomic E-state index is 0.00795. The molecule has 4 rings (SSSR count). The molecule has 1 aliphatic heterocycles. The van der Waals surface area contributed by atoms with E-state index in [4.69, 9.17) is 16.3 Å². The number of halogens is 1. The highest BCUT2D eigenvalue weighted by Gasteiger charge is 2.48. The van der Waals surface area contributed by atoms with E-state index in [1.54, 1.807) is 31.2 Å². The number of aromatic hydroxyl groups is 2. The lowest BCUT2D eigenvalue weighted by Gasteiger charge is -2.26. The average Bonchev–Trinajstić information content (AvgIpc) is 3.07. The lowest BCUT2D eigenvalue weighted by atomic mass is 9.94. The topological polar surface area (TPSA) is 107 Å². The summed E-state index contributed by atoms with van der Waals surface area (Å²) in [5.74, 6) is -2.47. The van der Waals surface area contributed by atoms with E-state index in [-0.39, 0.29) is 45.9 Å². The van der Waals surface area contributed by atoms with Crippen LogP contribution in [-0.2, 0) is 9.59 Å². The van der Waals surface area contributed by atoms with Crippen molar-refractivity contribution in [2.24, 2.45) is 0 Å². The Balaban J connectivity index is 1.99. The van der Waals surface area contributed by atoms with E-state index in [0.29, 0.717) is 11.1 Å². The van der Waals surface area contributed by atoms with Crippen LogP contribution in [0.3, 0.4) is 0 Å². The highest BCUT2D eigenvalue weighted by atomic mass is 35.5. The summed E-state index contributed by atoms with van der Waals surface area (Å²) in [4.78, 5) is 27.5. The van der Waals surface area contributed by atoms with Gasteiger partial charge in [-0.3, -0.25) is 14.5 Å². The van der Waals surface area contributed by atoms with E-state index in [2.05, 4.69) is 0 Å². The van der Waals surface area contributed by atoms with Crippen LogP contribution in [0.15, 0.2) is 66.2 Å². The molecule has 0 spiro atoms. The van der Waals surface area contributed by atoms with Crippen molar-refractivity contribution < 1.29 is 29.6 Å². The van der Waals surface area contributed by atoms with Crippen molar-refractivity contribution in [1.82, 2.24) is 0 Å². The number of amides is 1. The summed E-state index contributed by atoms with van der Waals surface area (Å²) >= 11 is 6.12. The van der Waals surface area contributed by atoms with Crippen LogP contribution in [0.2, 0.25) is 5.02 Å². The van der Waals surface area contributed by atoms with E-state index < -0.39 is 17.7 Å². The first kappa shape index (κ1) is 23.2. The van der Waals surface area contributed by atoms with Crippen LogP contribution in [-0.4, -0.2) is 33.6 Å². The van der Waals surface area contributed by atoms with E-state index >= 15 is 0 Å². The number of carbonyl (C=O) groups is 2. The van der Waals surface area contributed by atoms with Crippen molar-refractivity contribution in [2.45, 2.75) is 19.9 Å². The fraction of sp³-hybridized carbons (Fsp3) is 0.154. The number of aliphatic hydroxyl groups excluding tert-OH is 1. The number of hydrogen-bond donors (Lipinski definition) is 3. The highest BCUT2D eigenvalue weighted by Crippen LogP contribution is 2.46. The van der Waals surface area contributed by atoms with E-state index in [1.165, 1.54) is 36.4 Å². The maximum atomic E-state index is 13.2. The SMILES string of the molecule is CCOc1cc(C2/C(=C(\O)c3ccc(C)cc3)C(=O)C(=O)N2c2cc(Cl)ccc2O)ccc1O. The van der Waals surface area contributed by atoms with Crippen LogP contribution >= 0.6 is 11.6 Å². The van der Waals surface area contributed by atoms with Gasteiger partial charge < -0.3 is 20.1 Å². The summed E-state index contributed by atoms with van der Waals surface area (Å²) in [5, 5.41) is 32.1. The number of aryl methyl sites for hydroxylation is 1. The number of anilines is 1. The van der Waals surface area contributed by atoms with Gasteiger partial charge in [0.2, 0.25) is 0 Å². The van der Waals surface area contributed by atoms with Gasteiger partial charge in [0.15, 0.2) is 11.5 Å². The number of Topliss-reactive ketones (excluding diaryl/α,β-unsaturated/α-hetero) is 1. The lowest BCUT2D eigenvalue weighted by molar-refractivity contribution is -0.132. The van der Waals surface area contributed by atoms with Gasteiger partial charge in [0.1, 0.15) is 11.5 Å². The molecule has 1 heterocycles. The maximum Gasteiger partial charge on any atom is 0.300 e. The van der Waals surface area contributed by atoms with Gasteiger partial charge in [0.25, 0.3) is 11.7 Å². The summed E-state index contributed by atoms with van der Waals surface area (Å²) in [6, 6.07) is 14.2. The molecule has 0 saturated carbocycles. The summed E-state index contributed by atoms with van der Waals surface area (Å²) in [6.07, 6.45) is 0. The second kappa shape index (κ2) is 9.11. The molecule has 174 valence electrons. The zero-order chi connectivity index (χ0) is 24.6. The van der Waals surface area contributed by atoms with Gasteiger partial charge in [0, 0.05) is 10.6 Å². The number of aliphatic hydroxyl groups is 1. The molecule has 8 heteroatoms. The molecule has 0 aromatic heterocycles. The molecule has 0 bridgehead atoms. The Morgan fingerprint density at radius 3 is 2.35 bits per heavy atom. The normalized spacial score (nSPS) is 17.3. The Labute approximate surface area is 201 Å². The Kier molecular flexibility index (Phi) is 6.22. The molecular formula is C26H22ClNO6. The van der Waals surface area contributed by atoms with Crippen molar-refractivity contribution in [2.75, 3.05) is 11.5 Å². The highest BCUT2D eigenvalue weighted by molar-refractivity contribution is 6.52. The number of ether oxygens (including phenoxy) is 1. The van der Waals surface area contributed by atoms with Gasteiger partial charge in [-0.1, -0.05) is 47.5 Å². The first-order chi connectivity index (χ1) is 16.2. The van der Waals surface area contributed by atoms with Crippen molar-refractivity contribution in [3.63, 3.8) is 0 Å². The van der Waals surface area contributed by atoms with Crippen molar-refractivity contribution in [3.05, 3.63) is 87.9 Å². The van der Waals surface area contributed by atoms with Crippen molar-refractivity contribution >= 4 is 34.7 Å². The molecule has 1 fully saturated rings. The van der Waals surface area contributed by atoms with Crippen LogP contribution in [0, 0.1) is 6.92 Å². The molecular weight excluding hydrogens is 458 g/mol. The third kappa shape index (κ3) is 4.06. The van der Waals surface area contributed by atoms with Crippen LogP contribution in [0.1, 0.15) is 29.7 Å². The number of rotatable bonds is 5. The molecule has 3 aromatic rings. The zero-order valence-electron chi connectivity index (χ0n) is 18.4. The Morgan fingerprint density at radius 1 is 1.00 bits per heavy atom. The fourth-order valence-corrected chi connectivity index (χ4v) is 4.09. The summed E-state index contributed by atoms with van der Waals surface area (Å²) in [6.45, 7) is 3.91. The molecule has 1 saturated heterocycles. The van der Waals surface area contributed by atoms with Gasteiger partial charge in [-0.15, -0.1) is 0 Å². The van der Waals surface area contributed by atoms with Gasteiger partial charge in [-0.05, 0) is 49.7 Å². The summed E-state index contributed by atoms with van der Waals surface area (Å²) in [5.41, 5.74) is 1.54. The molecule has 0 radical (unpaired) electrons. The van der Waals surface area contributed by atoms with Gasteiger partial charge in [0.05, 0.1) is 23.9 Å². The van der Waals surface area contributed by atoms with Crippen LogP contribution < -0.4 is 9.64 Å². The zero-order valence-corrected chi connectivity index (χ0v) is 19.2. The Morgan fingerprint density at radius 2 is 1.68 bits per heavy atom. The molecule has 3 aromatic carbocycles. The predicted octanol–water partition coefficient (Wildman–Crippen LogP) is 5.08. The molecule has 34 heavy (non-hydrogen) atoms. The minimum Gasteiger partial charge on any atom is -0.507 e. The predicted molar refractivity (Wildman–Crippen MR) is 128 cm³/mol. The first-order valence-electron chi connectivity index (χ1n) is 10.5. The third-order valence-electron chi connectivity index (χ3n) is 5.57. The van der Waals surface area contributed by atoms with Crippen molar-refractivity contribution in [3.8, 4) is 17.2 Å². The molecule has 1 atom stereocenters. The number of phenols is 2. The van der Waals surface area contributed by atoms with Gasteiger partial charge in [-0.2, -0.15) is 0 Å². The van der Waals surface area contributed by atoms with Crippen LogP contribution in [0.4, 0.5) is 5.69 Å². The number of phenolic OH excluding ortho intramolecular Hbond substituents is 2. The largest absolute Gasteiger partial charge is 0.507 e. The monoisotopic (exact) mass is 479 g/mol. The Hall–Kier alpha value is -3.97. The second-order valence-corrected chi connectivity index (χ2v) is 8.26. The van der Waals surface area contributed by atoms with Gasteiger partial charge in [-0.25, -0.2) is 0 Å². The van der Waals surface area contributed by atoms with Crippen LogP contribution in [0.25, 0.3) is 5.76 Å². The molecule has 7 nitrogen and oxygen atoms in total. The number of carbonyl (C=O) groups excluding carboxylic acids is 2. The Bertz CT molecular complexity index is 1320. The van der Waals surface area contributed by atoms with E-state index in [1.807, 2.05) is 6.92 Å². The standard InChI is InChI=1S/C26H22ClNO6/c1-3-34-21-12-16(8-10-20(21)30)23-22(24(31)15-6-4-14(2)5-7-15)25(32)26(33)28(23)18-13-17(27)9-11-19(18)29/h4-13,23,29-31H,3H2,1-2H3/b24-22+. The van der Waals surface area contributed by atoms with Gasteiger partial charge >= 0.3 is 0 Å². The average molecular weight is 480 g/mol. The minimum atomic E-state index is -1.12. The third-order valence-corrected chi connectivity index (χ3v) is 5.80. The molecule has 1 amide bonds. The van der Waals surface area contributed by atoms with Crippen LogP contribution in [0.5, 0.6) is 17.2 Å². The van der Waals surface area contributed by atoms with E-state index in [0.717, 1.165) is 10.5 Å². The number of benzene rings is 3. The molecule has 1 unspecified atom stereocenters.